The zero-order valence-corrected chi connectivity index (χ0v) is 17.3. The van der Waals surface area contributed by atoms with Crippen molar-refractivity contribution in [2.45, 2.75) is 53.0 Å². The van der Waals surface area contributed by atoms with Crippen molar-refractivity contribution in [3.8, 4) is 5.69 Å². The van der Waals surface area contributed by atoms with Crippen LogP contribution in [0, 0.1) is 6.92 Å². The highest BCUT2D eigenvalue weighted by molar-refractivity contribution is 6.31. The highest BCUT2D eigenvalue weighted by Crippen LogP contribution is 2.31. The number of rotatable bonds is 8. The molecule has 1 atom stereocenters. The molecule has 0 bridgehead atoms. The van der Waals surface area contributed by atoms with Gasteiger partial charge in [0.2, 0.25) is 5.78 Å². The topological polar surface area (TPSA) is 69.3 Å². The van der Waals surface area contributed by atoms with E-state index in [4.69, 9.17) is 16.3 Å². The van der Waals surface area contributed by atoms with Gasteiger partial charge in [-0.05, 0) is 32.3 Å². The smallest absolute Gasteiger partial charge is 0.236 e. The standard InChI is InChI=1S/C19H27ClN6O/c1-6-9-27-11-14(5)22-18-16(17(20)23-19-21-7-8-25(18)19)26-15(12(2)3)10-13(4)24-26/h7-8,10,12,14,22H,6,9,11H2,1-5H3. The minimum Gasteiger partial charge on any atom is -0.379 e. The van der Waals surface area contributed by atoms with Crippen LogP contribution in [0.2, 0.25) is 5.15 Å². The number of halogens is 1. The minimum atomic E-state index is 0.0820. The molecule has 7 nitrogen and oxygen atoms in total. The maximum Gasteiger partial charge on any atom is 0.236 e. The van der Waals surface area contributed by atoms with Gasteiger partial charge in [-0.25, -0.2) is 9.67 Å². The van der Waals surface area contributed by atoms with Crippen molar-refractivity contribution in [1.82, 2.24) is 24.1 Å². The lowest BCUT2D eigenvalue weighted by Gasteiger charge is -2.21. The van der Waals surface area contributed by atoms with E-state index in [0.29, 0.717) is 23.5 Å². The number of hydrogen-bond acceptors (Lipinski definition) is 5. The average molecular weight is 391 g/mol. The van der Waals surface area contributed by atoms with Crippen LogP contribution in [0.3, 0.4) is 0 Å². The van der Waals surface area contributed by atoms with E-state index in [1.54, 1.807) is 6.20 Å². The molecular formula is C19H27ClN6O. The number of aromatic nitrogens is 5. The maximum atomic E-state index is 6.60. The Balaban J connectivity index is 2.11. The molecule has 0 amide bonds. The largest absolute Gasteiger partial charge is 0.379 e. The number of imidazole rings is 1. The Morgan fingerprint density at radius 1 is 1.30 bits per heavy atom. The normalized spacial score (nSPS) is 12.9. The third-order valence-electron chi connectivity index (χ3n) is 4.24. The van der Waals surface area contributed by atoms with Crippen molar-refractivity contribution in [1.29, 1.82) is 0 Å². The Labute approximate surface area is 164 Å². The Morgan fingerprint density at radius 2 is 2.07 bits per heavy atom. The van der Waals surface area contributed by atoms with Crippen molar-refractivity contribution in [2.75, 3.05) is 18.5 Å². The number of fused-ring (bicyclic) bond motifs is 1. The molecule has 0 aromatic carbocycles. The van der Waals surface area contributed by atoms with Gasteiger partial charge in [0.25, 0.3) is 0 Å². The summed E-state index contributed by atoms with van der Waals surface area (Å²) in [4.78, 5) is 8.74. The van der Waals surface area contributed by atoms with Crippen LogP contribution in [0.4, 0.5) is 5.82 Å². The average Bonchev–Trinajstić information content (AvgIpc) is 3.21. The van der Waals surface area contributed by atoms with Gasteiger partial charge in [-0.3, -0.25) is 4.40 Å². The summed E-state index contributed by atoms with van der Waals surface area (Å²) in [6, 6.07) is 2.16. The Bertz CT molecular complexity index is 916. The summed E-state index contributed by atoms with van der Waals surface area (Å²) < 4.78 is 9.48. The van der Waals surface area contributed by atoms with Gasteiger partial charge in [0.1, 0.15) is 11.5 Å². The van der Waals surface area contributed by atoms with Gasteiger partial charge in [-0.15, -0.1) is 0 Å². The van der Waals surface area contributed by atoms with Crippen molar-refractivity contribution in [3.05, 3.63) is 35.0 Å². The summed E-state index contributed by atoms with van der Waals surface area (Å²) >= 11 is 6.60. The highest BCUT2D eigenvalue weighted by atomic mass is 35.5. The van der Waals surface area contributed by atoms with Gasteiger partial charge in [0.05, 0.1) is 12.3 Å². The van der Waals surface area contributed by atoms with E-state index >= 15 is 0 Å². The molecule has 0 fully saturated rings. The maximum absolute atomic E-state index is 6.60. The molecule has 0 saturated heterocycles. The van der Waals surface area contributed by atoms with Crippen LogP contribution >= 0.6 is 11.6 Å². The van der Waals surface area contributed by atoms with E-state index in [2.05, 4.69) is 54.1 Å². The van der Waals surface area contributed by atoms with E-state index in [0.717, 1.165) is 35.9 Å². The lowest BCUT2D eigenvalue weighted by atomic mass is 10.1. The van der Waals surface area contributed by atoms with Gasteiger partial charge in [-0.2, -0.15) is 10.1 Å². The van der Waals surface area contributed by atoms with E-state index in [1.165, 1.54) is 0 Å². The molecule has 0 saturated carbocycles. The van der Waals surface area contributed by atoms with Gasteiger partial charge < -0.3 is 10.1 Å². The third kappa shape index (κ3) is 4.09. The van der Waals surface area contributed by atoms with E-state index in [1.807, 2.05) is 22.2 Å². The van der Waals surface area contributed by atoms with Crippen LogP contribution in [0.15, 0.2) is 18.5 Å². The number of nitrogens with zero attached hydrogens (tertiary/aromatic N) is 5. The molecule has 0 aliphatic carbocycles. The van der Waals surface area contributed by atoms with E-state index in [9.17, 15) is 0 Å². The molecule has 1 N–H and O–H groups in total. The molecule has 0 aliphatic rings. The number of anilines is 1. The van der Waals surface area contributed by atoms with Gasteiger partial charge >= 0.3 is 0 Å². The first-order valence-electron chi connectivity index (χ1n) is 9.36. The van der Waals surface area contributed by atoms with Gasteiger partial charge in [0, 0.05) is 30.7 Å². The first kappa shape index (κ1) is 19.6. The Hall–Kier alpha value is -2.12. The zero-order valence-electron chi connectivity index (χ0n) is 16.5. The van der Waals surface area contributed by atoms with Gasteiger partial charge in [0.15, 0.2) is 5.15 Å². The molecular weight excluding hydrogens is 364 g/mol. The Morgan fingerprint density at radius 3 is 2.78 bits per heavy atom. The van der Waals surface area contributed by atoms with E-state index < -0.39 is 0 Å². The second-order valence-corrected chi connectivity index (χ2v) is 7.45. The fourth-order valence-electron chi connectivity index (χ4n) is 3.02. The number of aryl methyl sites for hydroxylation is 1. The van der Waals surface area contributed by atoms with Crippen LogP contribution in [0.1, 0.15) is 51.4 Å². The molecule has 0 spiro atoms. The monoisotopic (exact) mass is 390 g/mol. The molecule has 3 rings (SSSR count). The fraction of sp³-hybridized carbons (Fsp3) is 0.526. The second-order valence-electron chi connectivity index (χ2n) is 7.09. The van der Waals surface area contributed by atoms with Crippen LogP contribution in [-0.4, -0.2) is 43.4 Å². The van der Waals surface area contributed by atoms with Crippen molar-refractivity contribution in [2.24, 2.45) is 0 Å². The summed E-state index contributed by atoms with van der Waals surface area (Å²) in [5.41, 5.74) is 2.74. The molecule has 27 heavy (non-hydrogen) atoms. The molecule has 8 heteroatoms. The predicted molar refractivity (Wildman–Crippen MR) is 108 cm³/mol. The van der Waals surface area contributed by atoms with Crippen molar-refractivity contribution in [3.63, 3.8) is 0 Å². The number of hydrogen-bond donors (Lipinski definition) is 1. The fourth-order valence-corrected chi connectivity index (χ4v) is 3.27. The number of nitrogens with one attached hydrogen (secondary N) is 1. The van der Waals surface area contributed by atoms with Crippen LogP contribution < -0.4 is 5.32 Å². The van der Waals surface area contributed by atoms with Crippen molar-refractivity contribution >= 4 is 23.2 Å². The summed E-state index contributed by atoms with van der Waals surface area (Å²) in [5.74, 6) is 1.64. The van der Waals surface area contributed by atoms with E-state index in [-0.39, 0.29) is 6.04 Å². The predicted octanol–water partition coefficient (Wildman–Crippen LogP) is 4.23. The molecule has 1 unspecified atom stereocenters. The van der Waals surface area contributed by atoms with Crippen LogP contribution in [0.25, 0.3) is 11.5 Å². The SMILES string of the molecule is CCCOCC(C)Nc1c(-n2nc(C)cc2C(C)C)c(Cl)nc2nccn12. The summed E-state index contributed by atoms with van der Waals surface area (Å²) in [7, 11) is 0. The van der Waals surface area contributed by atoms with Gasteiger partial charge in [-0.1, -0.05) is 32.4 Å². The molecule has 0 aliphatic heterocycles. The molecule has 3 aromatic heterocycles. The lowest BCUT2D eigenvalue weighted by Crippen LogP contribution is -2.25. The first-order valence-corrected chi connectivity index (χ1v) is 9.73. The molecule has 0 radical (unpaired) electrons. The first-order chi connectivity index (χ1) is 12.9. The minimum absolute atomic E-state index is 0.0820. The lowest BCUT2D eigenvalue weighted by molar-refractivity contribution is 0.129. The summed E-state index contributed by atoms with van der Waals surface area (Å²) in [5, 5.41) is 8.57. The van der Waals surface area contributed by atoms with Crippen molar-refractivity contribution < 1.29 is 4.74 Å². The number of ether oxygens (including phenoxy) is 1. The molecule has 146 valence electrons. The molecule has 3 aromatic rings. The third-order valence-corrected chi connectivity index (χ3v) is 4.51. The highest BCUT2D eigenvalue weighted by Gasteiger charge is 2.22. The Kier molecular flexibility index (Phi) is 6.01. The van der Waals surface area contributed by atoms with Crippen LogP contribution in [-0.2, 0) is 4.74 Å². The second kappa shape index (κ2) is 8.27. The summed E-state index contributed by atoms with van der Waals surface area (Å²) in [6.45, 7) is 11.8. The van der Waals surface area contributed by atoms with Crippen LogP contribution in [0.5, 0.6) is 0 Å². The summed E-state index contributed by atoms with van der Waals surface area (Å²) in [6.07, 6.45) is 4.58. The quantitative estimate of drug-likeness (QED) is 0.460. The molecule has 3 heterocycles. The zero-order chi connectivity index (χ0) is 19.6.